The van der Waals surface area contributed by atoms with Gasteiger partial charge in [-0.05, 0) is 18.9 Å². The molecule has 4 N–H and O–H groups in total. The van der Waals surface area contributed by atoms with E-state index >= 15 is 0 Å². The quantitative estimate of drug-likeness (QED) is 0.488. The van der Waals surface area contributed by atoms with Crippen molar-refractivity contribution in [2.45, 2.75) is 32.7 Å². The number of hydrogen-bond acceptors (Lipinski definition) is 3. The van der Waals surface area contributed by atoms with Crippen molar-refractivity contribution in [3.63, 3.8) is 0 Å². The Balaban J connectivity index is 3.52. The minimum absolute atomic E-state index is 0.255. The van der Waals surface area contributed by atoms with Crippen LogP contribution in [0.5, 0.6) is 0 Å². The van der Waals surface area contributed by atoms with E-state index in [0.29, 0.717) is 18.5 Å². The van der Waals surface area contributed by atoms with E-state index in [-0.39, 0.29) is 6.61 Å². The van der Waals surface area contributed by atoms with E-state index in [1.807, 2.05) is 0 Å². The van der Waals surface area contributed by atoms with Crippen molar-refractivity contribution in [3.05, 3.63) is 0 Å². The van der Waals surface area contributed by atoms with Crippen LogP contribution in [0, 0.1) is 5.92 Å². The van der Waals surface area contributed by atoms with E-state index in [4.69, 9.17) is 10.8 Å². The highest BCUT2D eigenvalue weighted by Crippen LogP contribution is 2.05. The summed E-state index contributed by atoms with van der Waals surface area (Å²) in [5.74, 6) is 0.619. The van der Waals surface area contributed by atoms with E-state index in [9.17, 15) is 0 Å². The third-order valence-electron chi connectivity index (χ3n) is 2.33. The SMILES string of the molecule is CCC(C)C(CN)NCCCO. The van der Waals surface area contributed by atoms with Gasteiger partial charge in [-0.25, -0.2) is 0 Å². The van der Waals surface area contributed by atoms with Gasteiger partial charge in [-0.1, -0.05) is 20.3 Å². The largest absolute Gasteiger partial charge is 0.396 e. The fraction of sp³-hybridized carbons (Fsp3) is 1.00. The Labute approximate surface area is 75.3 Å². The number of aliphatic hydroxyl groups excluding tert-OH is 1. The molecule has 0 aliphatic heterocycles. The molecule has 2 unspecified atom stereocenters. The van der Waals surface area contributed by atoms with Crippen LogP contribution in [0.1, 0.15) is 26.7 Å². The van der Waals surface area contributed by atoms with Crippen LogP contribution in [0.15, 0.2) is 0 Å². The summed E-state index contributed by atoms with van der Waals surface area (Å²) in [6.07, 6.45) is 1.96. The zero-order valence-corrected chi connectivity index (χ0v) is 8.21. The second-order valence-electron chi connectivity index (χ2n) is 3.26. The lowest BCUT2D eigenvalue weighted by Crippen LogP contribution is -2.41. The summed E-state index contributed by atoms with van der Waals surface area (Å²) in [6, 6.07) is 0.404. The standard InChI is InChI=1S/C9H22N2O/c1-3-8(2)9(7-10)11-5-4-6-12/h8-9,11-12H,3-7,10H2,1-2H3. The lowest BCUT2D eigenvalue weighted by molar-refractivity contribution is 0.276. The molecule has 12 heavy (non-hydrogen) atoms. The highest BCUT2D eigenvalue weighted by atomic mass is 16.3. The molecule has 0 rings (SSSR count). The summed E-state index contributed by atoms with van der Waals surface area (Å²) < 4.78 is 0. The summed E-state index contributed by atoms with van der Waals surface area (Å²) in [5.41, 5.74) is 5.61. The summed E-state index contributed by atoms with van der Waals surface area (Å²) in [7, 11) is 0. The zero-order chi connectivity index (χ0) is 9.40. The summed E-state index contributed by atoms with van der Waals surface area (Å²) >= 11 is 0. The first-order valence-electron chi connectivity index (χ1n) is 4.80. The highest BCUT2D eigenvalue weighted by Gasteiger charge is 2.11. The van der Waals surface area contributed by atoms with Crippen LogP contribution >= 0.6 is 0 Å². The van der Waals surface area contributed by atoms with E-state index in [1.165, 1.54) is 0 Å². The Morgan fingerprint density at radius 2 is 2.17 bits per heavy atom. The van der Waals surface area contributed by atoms with Gasteiger partial charge in [-0.2, -0.15) is 0 Å². The summed E-state index contributed by atoms with van der Waals surface area (Å²) in [5, 5.41) is 11.9. The van der Waals surface area contributed by atoms with Crippen molar-refractivity contribution in [3.8, 4) is 0 Å². The fourth-order valence-electron chi connectivity index (χ4n) is 1.17. The van der Waals surface area contributed by atoms with Crippen LogP contribution in [0.25, 0.3) is 0 Å². The Hall–Kier alpha value is -0.120. The molecule has 0 saturated carbocycles. The van der Waals surface area contributed by atoms with Crippen molar-refractivity contribution in [2.24, 2.45) is 11.7 Å². The van der Waals surface area contributed by atoms with E-state index in [1.54, 1.807) is 0 Å². The number of nitrogens with two attached hydrogens (primary N) is 1. The maximum atomic E-state index is 8.58. The average molecular weight is 174 g/mol. The maximum absolute atomic E-state index is 8.58. The molecule has 0 bridgehead atoms. The topological polar surface area (TPSA) is 58.3 Å². The normalized spacial score (nSPS) is 16.0. The first-order chi connectivity index (χ1) is 5.76. The predicted octanol–water partition coefficient (Wildman–Crippen LogP) is 0.332. The second kappa shape index (κ2) is 7.53. The van der Waals surface area contributed by atoms with Crippen LogP contribution in [-0.2, 0) is 0 Å². The van der Waals surface area contributed by atoms with Gasteiger partial charge in [0.25, 0.3) is 0 Å². The molecule has 0 aromatic heterocycles. The number of aliphatic hydroxyl groups is 1. The van der Waals surface area contributed by atoms with Crippen molar-refractivity contribution in [1.29, 1.82) is 0 Å². The molecule has 0 amide bonds. The van der Waals surface area contributed by atoms with Crippen LogP contribution < -0.4 is 11.1 Å². The molecule has 0 aliphatic rings. The van der Waals surface area contributed by atoms with Gasteiger partial charge in [0.2, 0.25) is 0 Å². The van der Waals surface area contributed by atoms with Gasteiger partial charge < -0.3 is 16.2 Å². The lowest BCUT2D eigenvalue weighted by atomic mass is 9.99. The average Bonchev–Trinajstić information content (AvgIpc) is 2.11. The van der Waals surface area contributed by atoms with Gasteiger partial charge in [0.05, 0.1) is 0 Å². The first-order valence-corrected chi connectivity index (χ1v) is 4.80. The second-order valence-corrected chi connectivity index (χ2v) is 3.26. The van der Waals surface area contributed by atoms with E-state index < -0.39 is 0 Å². The predicted molar refractivity (Wildman–Crippen MR) is 52.0 cm³/mol. The molecule has 2 atom stereocenters. The Morgan fingerprint density at radius 3 is 2.58 bits per heavy atom. The fourth-order valence-corrected chi connectivity index (χ4v) is 1.17. The van der Waals surface area contributed by atoms with Gasteiger partial charge in [-0.3, -0.25) is 0 Å². The first kappa shape index (κ1) is 11.9. The third-order valence-corrected chi connectivity index (χ3v) is 2.33. The van der Waals surface area contributed by atoms with Crippen LogP contribution in [0.4, 0.5) is 0 Å². The van der Waals surface area contributed by atoms with Crippen molar-refractivity contribution in [2.75, 3.05) is 19.7 Å². The van der Waals surface area contributed by atoms with Crippen molar-refractivity contribution < 1.29 is 5.11 Å². The Bertz CT molecular complexity index is 98.5. The van der Waals surface area contributed by atoms with Crippen LogP contribution in [0.3, 0.4) is 0 Å². The van der Waals surface area contributed by atoms with Crippen molar-refractivity contribution in [1.82, 2.24) is 5.32 Å². The monoisotopic (exact) mass is 174 g/mol. The molecule has 0 radical (unpaired) electrons. The zero-order valence-electron chi connectivity index (χ0n) is 8.21. The molecule has 0 spiro atoms. The van der Waals surface area contributed by atoms with Gasteiger partial charge in [0.1, 0.15) is 0 Å². The van der Waals surface area contributed by atoms with Gasteiger partial charge >= 0.3 is 0 Å². The smallest absolute Gasteiger partial charge is 0.0443 e. The number of nitrogens with one attached hydrogen (secondary N) is 1. The van der Waals surface area contributed by atoms with E-state index in [0.717, 1.165) is 19.4 Å². The molecule has 74 valence electrons. The molecule has 0 aliphatic carbocycles. The molecular formula is C9H22N2O. The van der Waals surface area contributed by atoms with E-state index in [2.05, 4.69) is 19.2 Å². The third kappa shape index (κ3) is 4.70. The van der Waals surface area contributed by atoms with Gasteiger partial charge in [0, 0.05) is 19.2 Å². The number of rotatable bonds is 7. The Kier molecular flexibility index (Phi) is 7.45. The molecule has 0 aromatic rings. The Morgan fingerprint density at radius 1 is 1.50 bits per heavy atom. The van der Waals surface area contributed by atoms with Gasteiger partial charge in [0.15, 0.2) is 0 Å². The minimum atomic E-state index is 0.255. The number of hydrogen-bond donors (Lipinski definition) is 3. The molecular weight excluding hydrogens is 152 g/mol. The van der Waals surface area contributed by atoms with Crippen molar-refractivity contribution >= 4 is 0 Å². The highest BCUT2D eigenvalue weighted by molar-refractivity contribution is 4.72. The van der Waals surface area contributed by atoms with Crippen LogP contribution in [-0.4, -0.2) is 30.8 Å². The summed E-state index contributed by atoms with van der Waals surface area (Å²) in [4.78, 5) is 0. The molecule has 0 aromatic carbocycles. The molecule has 0 heterocycles. The van der Waals surface area contributed by atoms with Gasteiger partial charge in [-0.15, -0.1) is 0 Å². The molecule has 0 fully saturated rings. The summed E-state index contributed by atoms with van der Waals surface area (Å²) in [6.45, 7) is 6.17. The molecule has 3 nitrogen and oxygen atoms in total. The minimum Gasteiger partial charge on any atom is -0.396 e. The molecule has 0 saturated heterocycles. The van der Waals surface area contributed by atoms with Crippen LogP contribution in [0.2, 0.25) is 0 Å². The maximum Gasteiger partial charge on any atom is 0.0443 e. The lowest BCUT2D eigenvalue weighted by Gasteiger charge is -2.22. The molecule has 3 heteroatoms.